The summed E-state index contributed by atoms with van der Waals surface area (Å²) < 4.78 is 57.7. The van der Waals surface area contributed by atoms with Crippen molar-refractivity contribution in [3.63, 3.8) is 0 Å². The van der Waals surface area contributed by atoms with Crippen LogP contribution in [0.15, 0.2) is 30.9 Å². The van der Waals surface area contributed by atoms with Gasteiger partial charge in [-0.05, 0) is 57.2 Å². The Kier molecular flexibility index (Phi) is 11.8. The minimum atomic E-state index is -0.801. The maximum Gasteiger partial charge on any atom is 0.318 e. The van der Waals surface area contributed by atoms with Crippen molar-refractivity contribution in [2.45, 2.75) is 69.7 Å². The second-order valence-electron chi connectivity index (χ2n) is 14.5. The monoisotopic (exact) mass is 809 g/mol. The molecule has 7 heterocycles. The number of anilines is 2. The van der Waals surface area contributed by atoms with Crippen molar-refractivity contribution >= 4 is 61.2 Å². The van der Waals surface area contributed by atoms with Crippen molar-refractivity contribution in [1.29, 1.82) is 5.26 Å². The van der Waals surface area contributed by atoms with E-state index in [9.17, 15) is 18.8 Å². The number of fused-ring (bicyclic) bond motifs is 2. The number of carbonyl (C=O) groups excluding carboxylic acids is 1. The number of nitriles is 1. The number of ether oxygens (including phenoxy) is 2. The number of nitrogens with two attached hydrogens (primary N) is 1. The van der Waals surface area contributed by atoms with E-state index in [0.29, 0.717) is 37.9 Å². The minimum Gasteiger partial charge on any atom is -0.491 e. The van der Waals surface area contributed by atoms with Gasteiger partial charge in [-0.15, -0.1) is 11.3 Å². The van der Waals surface area contributed by atoms with E-state index in [1.807, 2.05) is 35.7 Å². The number of amides is 1. The first-order valence-corrected chi connectivity index (χ1v) is 19.8. The highest BCUT2D eigenvalue weighted by Gasteiger charge is 2.36. The molecule has 0 spiro atoms. The summed E-state index contributed by atoms with van der Waals surface area (Å²) in [4.78, 5) is 30.6. The first-order chi connectivity index (χ1) is 27.0. The maximum absolute atomic E-state index is 16.7. The number of carbonyl (C=O) groups is 1. The number of alkyl halides is 1. The Morgan fingerprint density at radius 3 is 2.66 bits per heavy atom. The summed E-state index contributed by atoms with van der Waals surface area (Å²) in [6.45, 7) is 5.27. The van der Waals surface area contributed by atoms with Gasteiger partial charge in [0, 0.05) is 74.6 Å². The zero-order chi connectivity index (χ0) is 39.7. The number of aromatic nitrogens is 4. The molecule has 3 saturated heterocycles. The molecule has 0 aliphatic carbocycles. The second-order valence-corrected chi connectivity index (χ2v) is 15.9. The van der Waals surface area contributed by atoms with Gasteiger partial charge in [0.05, 0.1) is 40.7 Å². The smallest absolute Gasteiger partial charge is 0.318 e. The molecule has 296 valence electrons. The van der Waals surface area contributed by atoms with Crippen LogP contribution in [0, 0.1) is 23.0 Å². The average molecular weight is 810 g/mol. The highest BCUT2D eigenvalue weighted by molar-refractivity contribution is 7.23. The standard InChI is InChI=1S/C28H25ClF2N6O3S.C7H12FN.C4H6N2/c1-13-7-9-40-24-20-23(34-28(39-2)35-27(20)37(13)11-14-4-3-8-36(14)12-38)22(31)19(21(24)29)15-5-6-17(30)25-18(15)16(10-32)26(33)41-25;8-6-4-7-2-1-3-9(7)5-6;1-6-3-2-5-4-6/h5-6,12-14H,3-4,7-9,11,33H2,1-2H3;6-7H,1-5H2;2-4H,1H3. The Hall–Kier alpha value is -4.85. The third-order valence-electron chi connectivity index (χ3n) is 11.0. The number of rotatable bonds is 5. The Morgan fingerprint density at radius 2 is 1.98 bits per heavy atom. The topological polar surface area (TPSA) is 139 Å². The molecule has 56 heavy (non-hydrogen) atoms. The summed E-state index contributed by atoms with van der Waals surface area (Å²) in [5.74, 6) is -0.840. The number of nitrogen functional groups attached to an aromatic ring is 1. The zero-order valence-electron chi connectivity index (χ0n) is 31.4. The van der Waals surface area contributed by atoms with Crippen LogP contribution in [0.3, 0.4) is 0 Å². The van der Waals surface area contributed by atoms with E-state index in [2.05, 4.69) is 19.9 Å². The van der Waals surface area contributed by atoms with Crippen LogP contribution in [-0.2, 0) is 11.8 Å². The molecule has 3 aromatic heterocycles. The molecule has 0 bridgehead atoms. The molecule has 4 atom stereocenters. The number of hydrogen-bond donors (Lipinski definition) is 1. The van der Waals surface area contributed by atoms with E-state index in [1.54, 1.807) is 17.4 Å². The van der Waals surface area contributed by atoms with Gasteiger partial charge in [0.2, 0.25) is 6.41 Å². The highest BCUT2D eigenvalue weighted by atomic mass is 35.5. The van der Waals surface area contributed by atoms with E-state index in [-0.39, 0.29) is 78.2 Å². The van der Waals surface area contributed by atoms with Gasteiger partial charge in [-0.3, -0.25) is 9.69 Å². The van der Waals surface area contributed by atoms with Crippen LogP contribution in [0.2, 0.25) is 5.02 Å². The molecule has 0 radical (unpaired) electrons. The number of halogens is 4. The SMILES string of the molecule is COc1nc2c3c(c(Cl)c(-c4ccc(F)c5sc(N)c(C#N)c45)c(F)c3n1)OCCC(C)N2CC1CCCN1C=O.Cn1ccnc1.FC1CC2CCCN2C1. The number of likely N-dealkylation sites (tertiary alicyclic amines) is 1. The van der Waals surface area contributed by atoms with Gasteiger partial charge in [-0.2, -0.15) is 15.2 Å². The molecule has 3 fully saturated rings. The summed E-state index contributed by atoms with van der Waals surface area (Å²) in [6.07, 6.45) is 11.4. The highest BCUT2D eigenvalue weighted by Crippen LogP contribution is 2.51. The first kappa shape index (κ1) is 39.4. The third-order valence-corrected chi connectivity index (χ3v) is 12.4. The van der Waals surface area contributed by atoms with E-state index in [1.165, 1.54) is 32.1 Å². The minimum absolute atomic E-state index is 0.0379. The molecule has 2 N–H and O–H groups in total. The van der Waals surface area contributed by atoms with Gasteiger partial charge in [-0.25, -0.2) is 18.2 Å². The lowest BCUT2D eigenvalue weighted by Crippen LogP contribution is -2.45. The van der Waals surface area contributed by atoms with Crippen LogP contribution in [0.25, 0.3) is 32.1 Å². The number of imidazole rings is 1. The van der Waals surface area contributed by atoms with E-state index in [4.69, 9.17) is 26.8 Å². The van der Waals surface area contributed by atoms with Crippen molar-refractivity contribution in [3.05, 3.63) is 53.1 Å². The van der Waals surface area contributed by atoms with E-state index in [0.717, 1.165) is 43.6 Å². The molecule has 1 amide bonds. The van der Waals surface area contributed by atoms with Crippen molar-refractivity contribution in [1.82, 2.24) is 29.3 Å². The van der Waals surface area contributed by atoms with E-state index >= 15 is 4.39 Å². The summed E-state index contributed by atoms with van der Waals surface area (Å²) in [7, 11) is 3.33. The zero-order valence-corrected chi connectivity index (χ0v) is 32.9. The molecule has 4 unspecified atom stereocenters. The fourth-order valence-corrected chi connectivity index (χ4v) is 9.43. The largest absolute Gasteiger partial charge is 0.491 e. The number of hydrogen-bond acceptors (Lipinski definition) is 11. The number of nitrogens with zero attached hydrogens (tertiary/aromatic N) is 8. The summed E-state index contributed by atoms with van der Waals surface area (Å²) >= 11 is 7.86. The van der Waals surface area contributed by atoms with Crippen LogP contribution >= 0.6 is 22.9 Å². The molecule has 4 aliphatic rings. The molecular formula is C39H43ClF3N9O3S. The van der Waals surface area contributed by atoms with Crippen LogP contribution in [0.5, 0.6) is 11.8 Å². The number of methoxy groups -OCH3 is 1. The van der Waals surface area contributed by atoms with Gasteiger partial charge >= 0.3 is 6.01 Å². The maximum atomic E-state index is 16.7. The van der Waals surface area contributed by atoms with E-state index < -0.39 is 17.8 Å². The molecule has 4 aliphatic heterocycles. The van der Waals surface area contributed by atoms with Crippen LogP contribution in [-0.4, -0.2) is 99.9 Å². The van der Waals surface area contributed by atoms with Crippen LogP contribution in [0.1, 0.15) is 51.0 Å². The Bertz CT molecular complexity index is 2260. The predicted molar refractivity (Wildman–Crippen MR) is 211 cm³/mol. The average Bonchev–Trinajstić information content (AvgIpc) is 4.03. The predicted octanol–water partition coefficient (Wildman–Crippen LogP) is 7.12. The summed E-state index contributed by atoms with van der Waals surface area (Å²) in [5, 5.41) is 10.3. The fraction of sp³-hybridized carbons (Fsp3) is 0.462. The molecule has 5 aromatic rings. The van der Waals surface area contributed by atoms with Crippen molar-refractivity contribution in [3.8, 4) is 29.0 Å². The number of thiophene rings is 1. The van der Waals surface area contributed by atoms with Gasteiger partial charge in [-0.1, -0.05) is 17.7 Å². The fourth-order valence-electron chi connectivity index (χ4n) is 8.15. The van der Waals surface area contributed by atoms with Crippen molar-refractivity contribution in [2.75, 3.05) is 50.5 Å². The summed E-state index contributed by atoms with van der Waals surface area (Å²) in [6, 6.07) is 4.99. The lowest BCUT2D eigenvalue weighted by atomic mass is 9.96. The lowest BCUT2D eigenvalue weighted by Gasteiger charge is -2.37. The summed E-state index contributed by atoms with van der Waals surface area (Å²) in [5.41, 5.74) is 6.07. The van der Waals surface area contributed by atoms with Gasteiger partial charge < -0.3 is 29.6 Å². The Morgan fingerprint density at radius 1 is 1.18 bits per heavy atom. The van der Waals surface area contributed by atoms with Gasteiger partial charge in [0.1, 0.15) is 34.4 Å². The molecule has 17 heteroatoms. The first-order valence-electron chi connectivity index (χ1n) is 18.6. The molecule has 9 rings (SSSR count). The second kappa shape index (κ2) is 16.7. The molecule has 2 aromatic carbocycles. The molecular weight excluding hydrogens is 767 g/mol. The molecule has 12 nitrogen and oxygen atoms in total. The van der Waals surface area contributed by atoms with Gasteiger partial charge in [0.25, 0.3) is 0 Å². The van der Waals surface area contributed by atoms with Crippen molar-refractivity contribution in [2.24, 2.45) is 7.05 Å². The van der Waals surface area contributed by atoms with Gasteiger partial charge in [0.15, 0.2) is 11.6 Å². The normalized spacial score (nSPS) is 21.7. The Labute approximate surface area is 331 Å². The van der Waals surface area contributed by atoms with Crippen LogP contribution < -0.4 is 20.1 Å². The number of benzene rings is 2. The third kappa shape index (κ3) is 7.51. The lowest BCUT2D eigenvalue weighted by molar-refractivity contribution is -0.118. The quantitative estimate of drug-likeness (QED) is 0.183. The Balaban J connectivity index is 0.000000263. The molecule has 0 saturated carbocycles. The van der Waals surface area contributed by atoms with Crippen molar-refractivity contribution < 1.29 is 27.4 Å². The van der Waals surface area contributed by atoms with Crippen LogP contribution in [0.4, 0.5) is 24.0 Å². The number of aryl methyl sites for hydroxylation is 1.